The lowest BCUT2D eigenvalue weighted by Crippen LogP contribution is -2.24. The van der Waals surface area contributed by atoms with E-state index in [1.54, 1.807) is 7.11 Å². The summed E-state index contributed by atoms with van der Waals surface area (Å²) in [6.45, 7) is 3.36. The van der Waals surface area contributed by atoms with E-state index in [-0.39, 0.29) is 0 Å². The van der Waals surface area contributed by atoms with Crippen molar-refractivity contribution in [3.8, 4) is 0 Å². The van der Waals surface area contributed by atoms with E-state index in [4.69, 9.17) is 10.6 Å². The summed E-state index contributed by atoms with van der Waals surface area (Å²) in [7, 11) is 3.63. The molecule has 0 saturated carbocycles. The van der Waals surface area contributed by atoms with E-state index in [9.17, 15) is 0 Å². The molecule has 84 valence electrons. The monoisotopic (exact) mass is 211 g/mol. The summed E-state index contributed by atoms with van der Waals surface area (Å²) in [5, 5.41) is 0. The smallest absolute Gasteiger partial charge is 0.148 e. The normalized spacial score (nSPS) is 10.1. The summed E-state index contributed by atoms with van der Waals surface area (Å²) in [4.78, 5) is 10.2. The average Bonchev–Trinajstić information content (AvgIpc) is 2.26. The predicted molar refractivity (Wildman–Crippen MR) is 59.7 cm³/mol. The third-order valence-electron chi connectivity index (χ3n) is 2.19. The lowest BCUT2D eigenvalue weighted by molar-refractivity contribution is 0.206. The van der Waals surface area contributed by atoms with Gasteiger partial charge < -0.3 is 15.1 Å². The second-order valence-corrected chi connectivity index (χ2v) is 3.23. The average molecular weight is 211 g/mol. The van der Waals surface area contributed by atoms with Crippen LogP contribution in [0.25, 0.3) is 0 Å². The van der Waals surface area contributed by atoms with Crippen LogP contribution in [0.5, 0.6) is 0 Å². The molecule has 0 bridgehead atoms. The van der Waals surface area contributed by atoms with Crippen LogP contribution in [0, 0.1) is 6.92 Å². The molecule has 0 unspecified atom stereocenters. The van der Waals surface area contributed by atoms with Crippen LogP contribution >= 0.6 is 0 Å². The van der Waals surface area contributed by atoms with E-state index in [1.165, 1.54) is 6.33 Å². The second-order valence-electron chi connectivity index (χ2n) is 3.23. The first kappa shape index (κ1) is 11.7. The van der Waals surface area contributed by atoms with E-state index in [0.29, 0.717) is 12.4 Å². The van der Waals surface area contributed by atoms with E-state index >= 15 is 0 Å². The molecule has 0 saturated heterocycles. The van der Waals surface area contributed by atoms with Crippen molar-refractivity contribution in [2.45, 2.75) is 6.92 Å². The van der Waals surface area contributed by atoms with Crippen molar-refractivity contribution >= 4 is 11.6 Å². The minimum Gasteiger partial charge on any atom is -0.383 e. The molecule has 6 heteroatoms. The Bertz CT molecular complexity index is 317. The highest BCUT2D eigenvalue weighted by Crippen LogP contribution is 2.19. The van der Waals surface area contributed by atoms with Gasteiger partial charge in [0.05, 0.1) is 6.61 Å². The van der Waals surface area contributed by atoms with Gasteiger partial charge in [-0.15, -0.1) is 0 Å². The number of hydrazine groups is 1. The molecule has 1 heterocycles. The van der Waals surface area contributed by atoms with E-state index < -0.39 is 0 Å². The van der Waals surface area contributed by atoms with Crippen LogP contribution in [0.2, 0.25) is 0 Å². The zero-order valence-corrected chi connectivity index (χ0v) is 9.32. The fourth-order valence-electron chi connectivity index (χ4n) is 1.31. The molecule has 0 aliphatic heterocycles. The largest absolute Gasteiger partial charge is 0.383 e. The van der Waals surface area contributed by atoms with Crippen molar-refractivity contribution < 1.29 is 4.74 Å². The molecule has 0 aliphatic carbocycles. The van der Waals surface area contributed by atoms with E-state index in [2.05, 4.69) is 15.4 Å². The van der Waals surface area contributed by atoms with Gasteiger partial charge in [-0.3, -0.25) is 0 Å². The van der Waals surface area contributed by atoms with Gasteiger partial charge in [0.2, 0.25) is 0 Å². The number of likely N-dealkylation sites (N-methyl/N-ethyl adjacent to an activating group) is 1. The van der Waals surface area contributed by atoms with Crippen LogP contribution in [-0.2, 0) is 4.74 Å². The quantitative estimate of drug-likeness (QED) is 0.533. The van der Waals surface area contributed by atoms with Crippen LogP contribution in [0.1, 0.15) is 5.56 Å². The number of nitrogens with zero attached hydrogens (tertiary/aromatic N) is 3. The summed E-state index contributed by atoms with van der Waals surface area (Å²) in [5.74, 6) is 6.84. The number of nitrogen functional groups attached to an aromatic ring is 1. The van der Waals surface area contributed by atoms with Crippen molar-refractivity contribution in [2.24, 2.45) is 5.84 Å². The summed E-state index contributed by atoms with van der Waals surface area (Å²) in [5.41, 5.74) is 3.47. The highest BCUT2D eigenvalue weighted by Gasteiger charge is 2.09. The minimum absolute atomic E-state index is 0.643. The van der Waals surface area contributed by atoms with Crippen molar-refractivity contribution in [1.29, 1.82) is 0 Å². The summed E-state index contributed by atoms with van der Waals surface area (Å²) in [6, 6.07) is 0. The van der Waals surface area contributed by atoms with Gasteiger partial charge in [0.15, 0.2) is 0 Å². The number of aromatic nitrogens is 2. The van der Waals surface area contributed by atoms with Crippen LogP contribution in [0.15, 0.2) is 6.33 Å². The Hall–Kier alpha value is -1.40. The van der Waals surface area contributed by atoms with Crippen LogP contribution in [-0.4, -0.2) is 37.3 Å². The lowest BCUT2D eigenvalue weighted by atomic mass is 10.3. The van der Waals surface area contributed by atoms with Gasteiger partial charge in [-0.25, -0.2) is 15.8 Å². The van der Waals surface area contributed by atoms with Crippen molar-refractivity contribution in [3.05, 3.63) is 11.9 Å². The molecule has 0 radical (unpaired) electrons. The van der Waals surface area contributed by atoms with Crippen molar-refractivity contribution in [2.75, 3.05) is 37.6 Å². The Morgan fingerprint density at radius 1 is 1.53 bits per heavy atom. The molecule has 0 spiro atoms. The topological polar surface area (TPSA) is 76.3 Å². The van der Waals surface area contributed by atoms with Gasteiger partial charge in [-0.1, -0.05) is 0 Å². The molecule has 0 aliphatic rings. The molecule has 15 heavy (non-hydrogen) atoms. The van der Waals surface area contributed by atoms with Gasteiger partial charge in [0.25, 0.3) is 0 Å². The number of rotatable bonds is 5. The molecule has 0 aromatic carbocycles. The third-order valence-corrected chi connectivity index (χ3v) is 2.19. The standard InChI is InChI=1S/C9H17N5O/c1-7-8(13-10)11-6-12-9(7)14(2)4-5-15-3/h6H,4-5,10H2,1-3H3,(H,11,12,13). The zero-order chi connectivity index (χ0) is 11.3. The number of hydrogen-bond donors (Lipinski definition) is 2. The van der Waals surface area contributed by atoms with E-state index in [1.807, 2.05) is 18.9 Å². The number of anilines is 2. The Morgan fingerprint density at radius 2 is 2.27 bits per heavy atom. The van der Waals surface area contributed by atoms with Crippen LogP contribution in [0.4, 0.5) is 11.6 Å². The fourth-order valence-corrected chi connectivity index (χ4v) is 1.31. The number of nitrogens with one attached hydrogen (secondary N) is 1. The number of nitrogens with two attached hydrogens (primary N) is 1. The maximum atomic E-state index is 5.34. The molecular weight excluding hydrogens is 194 g/mol. The molecule has 6 nitrogen and oxygen atoms in total. The van der Waals surface area contributed by atoms with Crippen molar-refractivity contribution in [1.82, 2.24) is 9.97 Å². The van der Waals surface area contributed by atoms with Crippen LogP contribution in [0.3, 0.4) is 0 Å². The predicted octanol–water partition coefficient (Wildman–Crippen LogP) is 0.153. The van der Waals surface area contributed by atoms with Gasteiger partial charge in [0, 0.05) is 26.3 Å². The number of hydrogen-bond acceptors (Lipinski definition) is 6. The molecule has 0 atom stereocenters. The molecule has 1 aromatic rings. The fraction of sp³-hybridized carbons (Fsp3) is 0.556. The lowest BCUT2D eigenvalue weighted by Gasteiger charge is -2.20. The zero-order valence-electron chi connectivity index (χ0n) is 9.32. The molecule has 1 aromatic heterocycles. The van der Waals surface area contributed by atoms with Gasteiger partial charge in [-0.05, 0) is 6.92 Å². The maximum Gasteiger partial charge on any atom is 0.148 e. The van der Waals surface area contributed by atoms with Gasteiger partial charge >= 0.3 is 0 Å². The Morgan fingerprint density at radius 3 is 2.87 bits per heavy atom. The highest BCUT2D eigenvalue weighted by atomic mass is 16.5. The van der Waals surface area contributed by atoms with Crippen molar-refractivity contribution in [3.63, 3.8) is 0 Å². The molecular formula is C9H17N5O. The first-order valence-electron chi connectivity index (χ1n) is 4.69. The summed E-state index contributed by atoms with van der Waals surface area (Å²) >= 11 is 0. The second kappa shape index (κ2) is 5.47. The molecule has 3 N–H and O–H groups in total. The number of ether oxygens (including phenoxy) is 1. The van der Waals surface area contributed by atoms with Gasteiger partial charge in [-0.2, -0.15) is 0 Å². The van der Waals surface area contributed by atoms with Gasteiger partial charge in [0.1, 0.15) is 18.0 Å². The Balaban J connectivity index is 2.83. The molecule has 1 rings (SSSR count). The minimum atomic E-state index is 0.643. The van der Waals surface area contributed by atoms with Crippen LogP contribution < -0.4 is 16.2 Å². The first-order chi connectivity index (χ1) is 7.20. The Labute approximate surface area is 89.4 Å². The first-order valence-corrected chi connectivity index (χ1v) is 4.69. The molecule has 0 fully saturated rings. The summed E-state index contributed by atoms with van der Waals surface area (Å²) in [6.07, 6.45) is 1.49. The summed E-state index contributed by atoms with van der Waals surface area (Å²) < 4.78 is 5.01. The third kappa shape index (κ3) is 2.77. The Kier molecular flexibility index (Phi) is 4.26. The SMILES string of the molecule is COCCN(C)c1ncnc(NN)c1C. The molecule has 0 amide bonds. The number of methoxy groups -OCH3 is 1. The van der Waals surface area contributed by atoms with E-state index in [0.717, 1.165) is 17.9 Å². The maximum absolute atomic E-state index is 5.34. The highest BCUT2D eigenvalue weighted by molar-refractivity contribution is 5.56.